The lowest BCUT2D eigenvalue weighted by atomic mass is 9.95. The Balaban J connectivity index is 1.78. The summed E-state index contributed by atoms with van der Waals surface area (Å²) in [6.45, 7) is 0. The monoisotopic (exact) mass is 295 g/mol. The fraction of sp³-hybridized carbons (Fsp3) is 0.571. The predicted octanol–water partition coefficient (Wildman–Crippen LogP) is 4.06. The van der Waals surface area contributed by atoms with Crippen molar-refractivity contribution in [3.63, 3.8) is 0 Å². The number of fused-ring (bicyclic) bond motifs is 2. The molecular formula is C14H18BrNO. The first kappa shape index (κ1) is 11.4. The zero-order chi connectivity index (χ0) is 11.8. The second-order valence-electron chi connectivity index (χ2n) is 5.27. The maximum Gasteiger partial charge on any atom is 0.142 e. The highest BCUT2D eigenvalue weighted by atomic mass is 79.9. The highest BCUT2D eigenvalue weighted by Crippen LogP contribution is 2.46. The zero-order valence-electron chi connectivity index (χ0n) is 10.1. The van der Waals surface area contributed by atoms with Crippen LogP contribution in [0, 0.1) is 11.8 Å². The largest absolute Gasteiger partial charge is 0.495 e. The van der Waals surface area contributed by atoms with Gasteiger partial charge in [0.15, 0.2) is 0 Å². The van der Waals surface area contributed by atoms with E-state index in [4.69, 9.17) is 4.74 Å². The molecule has 2 aliphatic rings. The second-order valence-corrected chi connectivity index (χ2v) is 6.19. The van der Waals surface area contributed by atoms with Gasteiger partial charge >= 0.3 is 0 Å². The van der Waals surface area contributed by atoms with Gasteiger partial charge in [-0.25, -0.2) is 0 Å². The van der Waals surface area contributed by atoms with Gasteiger partial charge in [-0.15, -0.1) is 0 Å². The molecule has 1 aromatic carbocycles. The molecule has 2 saturated carbocycles. The van der Waals surface area contributed by atoms with E-state index in [1.807, 2.05) is 12.1 Å². The van der Waals surface area contributed by atoms with Crippen molar-refractivity contribution >= 4 is 21.6 Å². The molecule has 2 aliphatic carbocycles. The Hall–Kier alpha value is -0.700. The van der Waals surface area contributed by atoms with Gasteiger partial charge in [0.05, 0.1) is 12.8 Å². The number of halogens is 1. The van der Waals surface area contributed by atoms with Crippen LogP contribution in [-0.2, 0) is 0 Å². The molecule has 92 valence electrons. The predicted molar refractivity (Wildman–Crippen MR) is 73.6 cm³/mol. The quantitative estimate of drug-likeness (QED) is 0.908. The van der Waals surface area contributed by atoms with Crippen LogP contribution in [0.5, 0.6) is 5.75 Å². The molecule has 17 heavy (non-hydrogen) atoms. The number of hydrogen-bond donors (Lipinski definition) is 1. The Bertz CT molecular complexity index is 421. The van der Waals surface area contributed by atoms with Crippen molar-refractivity contribution in [2.24, 2.45) is 11.8 Å². The van der Waals surface area contributed by atoms with Crippen LogP contribution in [0.4, 0.5) is 5.69 Å². The van der Waals surface area contributed by atoms with Crippen molar-refractivity contribution in [2.45, 2.75) is 31.7 Å². The first-order chi connectivity index (χ1) is 8.26. The highest BCUT2D eigenvalue weighted by molar-refractivity contribution is 9.10. The molecule has 1 N–H and O–H groups in total. The van der Waals surface area contributed by atoms with E-state index in [0.29, 0.717) is 6.04 Å². The summed E-state index contributed by atoms with van der Waals surface area (Å²) in [5.41, 5.74) is 1.12. The van der Waals surface area contributed by atoms with E-state index in [2.05, 4.69) is 27.3 Å². The van der Waals surface area contributed by atoms with Gasteiger partial charge in [0.1, 0.15) is 5.75 Å². The first-order valence-corrected chi connectivity index (χ1v) is 7.15. The number of nitrogens with one attached hydrogen (secondary N) is 1. The molecule has 3 atom stereocenters. The van der Waals surface area contributed by atoms with Gasteiger partial charge in [-0.1, -0.05) is 22.4 Å². The van der Waals surface area contributed by atoms with E-state index in [1.54, 1.807) is 7.11 Å². The van der Waals surface area contributed by atoms with Crippen LogP contribution in [0.1, 0.15) is 25.7 Å². The van der Waals surface area contributed by atoms with Crippen LogP contribution >= 0.6 is 15.9 Å². The van der Waals surface area contributed by atoms with E-state index in [9.17, 15) is 0 Å². The average Bonchev–Trinajstić information content (AvgIpc) is 2.91. The molecule has 0 spiro atoms. The summed E-state index contributed by atoms with van der Waals surface area (Å²) >= 11 is 3.52. The Morgan fingerprint density at radius 2 is 2.18 bits per heavy atom. The maximum atomic E-state index is 5.41. The zero-order valence-corrected chi connectivity index (χ0v) is 11.7. The molecule has 0 aromatic heterocycles. The normalized spacial score (nSPS) is 30.6. The van der Waals surface area contributed by atoms with Gasteiger partial charge in [0.25, 0.3) is 0 Å². The highest BCUT2D eigenvalue weighted by Gasteiger charge is 2.39. The first-order valence-electron chi connectivity index (χ1n) is 6.36. The van der Waals surface area contributed by atoms with Crippen molar-refractivity contribution in [3.8, 4) is 5.75 Å². The number of ether oxygens (including phenoxy) is 1. The Morgan fingerprint density at radius 3 is 2.82 bits per heavy atom. The Kier molecular flexibility index (Phi) is 3.03. The number of benzene rings is 1. The summed E-state index contributed by atoms with van der Waals surface area (Å²) in [4.78, 5) is 0. The summed E-state index contributed by atoms with van der Waals surface area (Å²) in [6, 6.07) is 6.80. The minimum atomic E-state index is 0.650. The van der Waals surface area contributed by atoms with Gasteiger partial charge < -0.3 is 10.1 Å². The lowest BCUT2D eigenvalue weighted by Gasteiger charge is -2.25. The molecule has 0 aliphatic heterocycles. The average molecular weight is 296 g/mol. The maximum absolute atomic E-state index is 5.41. The number of rotatable bonds is 3. The topological polar surface area (TPSA) is 21.3 Å². The van der Waals surface area contributed by atoms with Crippen molar-refractivity contribution in [2.75, 3.05) is 12.4 Å². The van der Waals surface area contributed by atoms with Crippen LogP contribution in [-0.4, -0.2) is 13.2 Å². The summed E-state index contributed by atoms with van der Waals surface area (Å²) in [5, 5.41) is 3.68. The summed E-state index contributed by atoms with van der Waals surface area (Å²) < 4.78 is 6.51. The van der Waals surface area contributed by atoms with Gasteiger partial charge in [0.2, 0.25) is 0 Å². The van der Waals surface area contributed by atoms with Crippen LogP contribution in [0.2, 0.25) is 0 Å². The fourth-order valence-electron chi connectivity index (χ4n) is 3.41. The minimum Gasteiger partial charge on any atom is -0.495 e. The number of anilines is 1. The minimum absolute atomic E-state index is 0.650. The SMILES string of the molecule is COc1ccc(Br)cc1NC1CC2CCC1C2. The molecule has 3 rings (SSSR count). The standard InChI is InChI=1S/C14H18BrNO/c1-17-14-5-4-11(15)8-13(14)16-12-7-9-2-3-10(12)6-9/h4-5,8-10,12,16H,2-3,6-7H2,1H3. The van der Waals surface area contributed by atoms with Crippen LogP contribution in [0.15, 0.2) is 22.7 Å². The van der Waals surface area contributed by atoms with Gasteiger partial charge in [-0.2, -0.15) is 0 Å². The van der Waals surface area contributed by atoms with E-state index in [-0.39, 0.29) is 0 Å². The third-order valence-corrected chi connectivity index (χ3v) is 4.73. The molecular weight excluding hydrogens is 278 g/mol. The fourth-order valence-corrected chi connectivity index (χ4v) is 3.78. The van der Waals surface area contributed by atoms with Gasteiger partial charge in [-0.3, -0.25) is 0 Å². The lowest BCUT2D eigenvalue weighted by Crippen LogP contribution is -2.26. The summed E-state index contributed by atoms with van der Waals surface area (Å²) in [6.07, 6.45) is 5.60. The smallest absolute Gasteiger partial charge is 0.142 e. The van der Waals surface area contributed by atoms with E-state index >= 15 is 0 Å². The van der Waals surface area contributed by atoms with Crippen molar-refractivity contribution in [3.05, 3.63) is 22.7 Å². The van der Waals surface area contributed by atoms with Gasteiger partial charge in [-0.05, 0) is 49.3 Å². The van der Waals surface area contributed by atoms with Crippen molar-refractivity contribution < 1.29 is 4.74 Å². The Labute approximate surface area is 111 Å². The molecule has 0 amide bonds. The van der Waals surface area contributed by atoms with Crippen LogP contribution in [0.25, 0.3) is 0 Å². The van der Waals surface area contributed by atoms with Crippen LogP contribution < -0.4 is 10.1 Å². The molecule has 3 heteroatoms. The molecule has 0 heterocycles. The number of methoxy groups -OCH3 is 1. The summed E-state index contributed by atoms with van der Waals surface area (Å²) in [7, 11) is 1.73. The van der Waals surface area contributed by atoms with E-state index in [1.165, 1.54) is 25.7 Å². The third kappa shape index (κ3) is 2.17. The van der Waals surface area contributed by atoms with Crippen molar-refractivity contribution in [1.29, 1.82) is 0 Å². The van der Waals surface area contributed by atoms with Crippen LogP contribution in [0.3, 0.4) is 0 Å². The molecule has 0 saturated heterocycles. The lowest BCUT2D eigenvalue weighted by molar-refractivity contribution is 0.410. The molecule has 0 radical (unpaired) electrons. The van der Waals surface area contributed by atoms with E-state index < -0.39 is 0 Å². The molecule has 3 unspecified atom stereocenters. The number of hydrogen-bond acceptors (Lipinski definition) is 2. The second kappa shape index (κ2) is 4.52. The molecule has 2 fully saturated rings. The molecule has 1 aromatic rings. The molecule has 2 bridgehead atoms. The summed E-state index contributed by atoms with van der Waals surface area (Å²) in [5.74, 6) is 2.79. The third-order valence-electron chi connectivity index (χ3n) is 4.24. The molecule has 2 nitrogen and oxygen atoms in total. The Morgan fingerprint density at radius 1 is 1.29 bits per heavy atom. The van der Waals surface area contributed by atoms with E-state index in [0.717, 1.165) is 27.7 Å². The van der Waals surface area contributed by atoms with Gasteiger partial charge in [0, 0.05) is 10.5 Å². The van der Waals surface area contributed by atoms with Crippen molar-refractivity contribution in [1.82, 2.24) is 0 Å².